The molecule has 0 unspecified atom stereocenters. The summed E-state index contributed by atoms with van der Waals surface area (Å²) in [6.45, 7) is 1.67. The molecule has 1 fully saturated rings. The standard InChI is InChI=1S/C14H19NO4/c16-8-9-19-13-4-6-15(7-5-13)14(18)11-2-1-3-12(17)10-11/h1-3,10,13,16-17H,4-9H2. The van der Waals surface area contributed by atoms with Crippen LogP contribution in [0, 0.1) is 0 Å². The van der Waals surface area contributed by atoms with Crippen molar-refractivity contribution in [2.24, 2.45) is 0 Å². The smallest absolute Gasteiger partial charge is 0.253 e. The number of aromatic hydroxyl groups is 1. The molecule has 5 heteroatoms. The Balaban J connectivity index is 1.89. The normalized spacial score (nSPS) is 16.6. The summed E-state index contributed by atoms with van der Waals surface area (Å²) in [5.41, 5.74) is 0.509. The van der Waals surface area contributed by atoms with Gasteiger partial charge in [-0.25, -0.2) is 0 Å². The second-order valence-electron chi connectivity index (χ2n) is 4.64. The minimum absolute atomic E-state index is 0.0302. The molecule has 0 atom stereocenters. The van der Waals surface area contributed by atoms with Gasteiger partial charge >= 0.3 is 0 Å². The molecule has 0 aliphatic carbocycles. The summed E-state index contributed by atoms with van der Waals surface area (Å²) in [4.78, 5) is 14.0. The quantitative estimate of drug-likeness (QED) is 0.852. The lowest BCUT2D eigenvalue weighted by Crippen LogP contribution is -2.41. The number of aliphatic hydroxyl groups is 1. The van der Waals surface area contributed by atoms with Crippen LogP contribution in [0.25, 0.3) is 0 Å². The number of aliphatic hydroxyl groups excluding tert-OH is 1. The predicted octanol–water partition coefficient (Wildman–Crippen LogP) is 1.01. The fourth-order valence-corrected chi connectivity index (χ4v) is 2.27. The average molecular weight is 265 g/mol. The summed E-state index contributed by atoms with van der Waals surface area (Å²) in [5, 5.41) is 18.1. The first-order valence-electron chi connectivity index (χ1n) is 6.51. The molecule has 0 bridgehead atoms. The van der Waals surface area contributed by atoms with Crippen LogP contribution in [0.15, 0.2) is 24.3 Å². The lowest BCUT2D eigenvalue weighted by molar-refractivity contribution is -0.00554. The predicted molar refractivity (Wildman–Crippen MR) is 70.1 cm³/mol. The van der Waals surface area contributed by atoms with Crippen LogP contribution in [0.3, 0.4) is 0 Å². The Morgan fingerprint density at radius 3 is 2.74 bits per heavy atom. The molecule has 0 radical (unpaired) electrons. The summed E-state index contributed by atoms with van der Waals surface area (Å²) in [6.07, 6.45) is 1.69. The molecule has 0 saturated carbocycles. The Labute approximate surface area is 112 Å². The van der Waals surface area contributed by atoms with Crippen molar-refractivity contribution in [3.05, 3.63) is 29.8 Å². The van der Waals surface area contributed by atoms with E-state index in [0.717, 1.165) is 12.8 Å². The van der Waals surface area contributed by atoms with E-state index in [0.29, 0.717) is 25.3 Å². The minimum atomic E-state index is -0.0588. The number of amides is 1. The molecular formula is C14H19NO4. The van der Waals surface area contributed by atoms with Crippen LogP contribution in [-0.4, -0.2) is 53.4 Å². The summed E-state index contributed by atoms with van der Waals surface area (Å²) in [5.74, 6) is 0.0449. The topological polar surface area (TPSA) is 70.0 Å². The first-order valence-corrected chi connectivity index (χ1v) is 6.51. The zero-order valence-corrected chi connectivity index (χ0v) is 10.8. The van der Waals surface area contributed by atoms with Gasteiger partial charge in [0.1, 0.15) is 5.75 Å². The van der Waals surface area contributed by atoms with Crippen molar-refractivity contribution >= 4 is 5.91 Å². The molecule has 1 aromatic carbocycles. The van der Waals surface area contributed by atoms with Crippen molar-refractivity contribution in [3.8, 4) is 5.75 Å². The number of hydrogen-bond acceptors (Lipinski definition) is 4. The number of hydrogen-bond donors (Lipinski definition) is 2. The number of ether oxygens (including phenoxy) is 1. The highest BCUT2D eigenvalue weighted by atomic mass is 16.5. The molecule has 1 heterocycles. The van der Waals surface area contributed by atoms with Gasteiger partial charge in [0, 0.05) is 18.7 Å². The van der Waals surface area contributed by atoms with Crippen molar-refractivity contribution < 1.29 is 19.7 Å². The number of piperidine rings is 1. The number of rotatable bonds is 4. The van der Waals surface area contributed by atoms with E-state index in [-0.39, 0.29) is 24.4 Å². The molecular weight excluding hydrogens is 246 g/mol. The van der Waals surface area contributed by atoms with Crippen LogP contribution >= 0.6 is 0 Å². The van der Waals surface area contributed by atoms with Gasteiger partial charge in [0.25, 0.3) is 5.91 Å². The zero-order valence-electron chi connectivity index (χ0n) is 10.8. The van der Waals surface area contributed by atoms with Gasteiger partial charge in [-0.15, -0.1) is 0 Å². The lowest BCUT2D eigenvalue weighted by atomic mass is 10.1. The average Bonchev–Trinajstić information content (AvgIpc) is 2.45. The van der Waals surface area contributed by atoms with Crippen LogP contribution in [0.4, 0.5) is 0 Å². The van der Waals surface area contributed by atoms with Gasteiger partial charge in [0.2, 0.25) is 0 Å². The van der Waals surface area contributed by atoms with Gasteiger partial charge in [-0.05, 0) is 31.0 Å². The Kier molecular flexibility index (Phi) is 4.76. The summed E-state index contributed by atoms with van der Waals surface area (Å²) < 4.78 is 5.46. The van der Waals surface area contributed by atoms with Crippen molar-refractivity contribution in [1.82, 2.24) is 4.90 Å². The maximum atomic E-state index is 12.2. The monoisotopic (exact) mass is 265 g/mol. The van der Waals surface area contributed by atoms with Crippen LogP contribution in [0.2, 0.25) is 0 Å². The number of carbonyl (C=O) groups excluding carboxylic acids is 1. The molecule has 1 saturated heterocycles. The van der Waals surface area contributed by atoms with Gasteiger partial charge in [0.05, 0.1) is 19.3 Å². The molecule has 2 N–H and O–H groups in total. The van der Waals surface area contributed by atoms with Crippen LogP contribution in [0.1, 0.15) is 23.2 Å². The highest BCUT2D eigenvalue weighted by Gasteiger charge is 2.23. The number of carbonyl (C=O) groups is 1. The van der Waals surface area contributed by atoms with E-state index in [1.165, 1.54) is 6.07 Å². The Bertz CT molecular complexity index is 427. The highest BCUT2D eigenvalue weighted by Crippen LogP contribution is 2.18. The third-order valence-electron chi connectivity index (χ3n) is 3.27. The Hall–Kier alpha value is -1.59. The van der Waals surface area contributed by atoms with Crippen LogP contribution in [0.5, 0.6) is 5.75 Å². The third-order valence-corrected chi connectivity index (χ3v) is 3.27. The van der Waals surface area contributed by atoms with E-state index in [1.807, 2.05) is 0 Å². The number of likely N-dealkylation sites (tertiary alicyclic amines) is 1. The van der Waals surface area contributed by atoms with Gasteiger partial charge in [-0.1, -0.05) is 6.07 Å². The van der Waals surface area contributed by atoms with E-state index in [2.05, 4.69) is 0 Å². The second-order valence-corrected chi connectivity index (χ2v) is 4.64. The molecule has 0 spiro atoms. The van der Waals surface area contributed by atoms with Crippen LogP contribution < -0.4 is 0 Å². The molecule has 104 valence electrons. The summed E-state index contributed by atoms with van der Waals surface area (Å²) in [7, 11) is 0. The first kappa shape index (κ1) is 13.8. The number of benzene rings is 1. The molecule has 2 rings (SSSR count). The number of phenols is 1. The molecule has 19 heavy (non-hydrogen) atoms. The van der Waals surface area contributed by atoms with Gasteiger partial charge in [0.15, 0.2) is 0 Å². The maximum Gasteiger partial charge on any atom is 0.253 e. The first-order chi connectivity index (χ1) is 9.20. The molecule has 5 nitrogen and oxygen atoms in total. The number of nitrogens with zero attached hydrogens (tertiary/aromatic N) is 1. The third kappa shape index (κ3) is 3.68. The Morgan fingerprint density at radius 2 is 2.11 bits per heavy atom. The minimum Gasteiger partial charge on any atom is -0.508 e. The SMILES string of the molecule is O=C(c1cccc(O)c1)N1CCC(OCCO)CC1. The van der Waals surface area contributed by atoms with E-state index in [4.69, 9.17) is 9.84 Å². The fourth-order valence-electron chi connectivity index (χ4n) is 2.27. The lowest BCUT2D eigenvalue weighted by Gasteiger charge is -2.32. The Morgan fingerprint density at radius 1 is 1.37 bits per heavy atom. The largest absolute Gasteiger partial charge is 0.508 e. The van der Waals surface area contributed by atoms with E-state index >= 15 is 0 Å². The van der Waals surface area contributed by atoms with Crippen molar-refractivity contribution in [3.63, 3.8) is 0 Å². The summed E-state index contributed by atoms with van der Waals surface area (Å²) >= 11 is 0. The molecule has 1 amide bonds. The van der Waals surface area contributed by atoms with Gasteiger partial charge < -0.3 is 19.8 Å². The summed E-state index contributed by atoms with van der Waals surface area (Å²) in [6, 6.07) is 6.40. The zero-order chi connectivity index (χ0) is 13.7. The number of phenolic OH excluding ortho intramolecular Hbond substituents is 1. The van der Waals surface area contributed by atoms with E-state index < -0.39 is 0 Å². The van der Waals surface area contributed by atoms with Crippen molar-refractivity contribution in [1.29, 1.82) is 0 Å². The van der Waals surface area contributed by atoms with Gasteiger partial charge in [-0.2, -0.15) is 0 Å². The van der Waals surface area contributed by atoms with E-state index in [1.54, 1.807) is 23.1 Å². The fraction of sp³-hybridized carbons (Fsp3) is 0.500. The van der Waals surface area contributed by atoms with Crippen molar-refractivity contribution in [2.45, 2.75) is 18.9 Å². The van der Waals surface area contributed by atoms with Gasteiger partial charge in [-0.3, -0.25) is 4.79 Å². The van der Waals surface area contributed by atoms with Crippen molar-refractivity contribution in [2.75, 3.05) is 26.3 Å². The van der Waals surface area contributed by atoms with E-state index in [9.17, 15) is 9.90 Å². The molecule has 0 aromatic heterocycles. The molecule has 1 aromatic rings. The maximum absolute atomic E-state index is 12.2. The second kappa shape index (κ2) is 6.54. The van der Waals surface area contributed by atoms with Crippen LogP contribution in [-0.2, 0) is 4.74 Å². The molecule has 1 aliphatic rings. The molecule has 1 aliphatic heterocycles. The highest BCUT2D eigenvalue weighted by molar-refractivity contribution is 5.94.